The minimum atomic E-state index is 0.417. The standard InChI is InChI=1S/C11H17ClN4S/c1-7-3-2-4-8(5-7)17-10-9(12)6-14-11(15-10)16-13/h6-8H,2-5,13H2,1H3,(H,14,15,16). The molecule has 1 aromatic rings. The van der Waals surface area contributed by atoms with Crippen molar-refractivity contribution in [2.45, 2.75) is 42.9 Å². The first kappa shape index (κ1) is 12.9. The summed E-state index contributed by atoms with van der Waals surface area (Å²) in [4.78, 5) is 8.27. The molecular weight excluding hydrogens is 256 g/mol. The highest BCUT2D eigenvalue weighted by atomic mass is 35.5. The molecule has 2 rings (SSSR count). The molecule has 6 heteroatoms. The number of rotatable bonds is 3. The number of nitrogen functional groups attached to an aromatic ring is 1. The Balaban J connectivity index is 2.06. The number of anilines is 1. The van der Waals surface area contributed by atoms with E-state index in [4.69, 9.17) is 17.4 Å². The van der Waals surface area contributed by atoms with Crippen LogP contribution in [0.3, 0.4) is 0 Å². The molecule has 0 saturated heterocycles. The highest BCUT2D eigenvalue weighted by molar-refractivity contribution is 8.00. The van der Waals surface area contributed by atoms with Crippen molar-refractivity contribution in [3.63, 3.8) is 0 Å². The molecular formula is C11H17ClN4S. The monoisotopic (exact) mass is 272 g/mol. The molecule has 1 saturated carbocycles. The van der Waals surface area contributed by atoms with Crippen LogP contribution in [0.4, 0.5) is 5.95 Å². The lowest BCUT2D eigenvalue weighted by molar-refractivity contribution is 0.394. The van der Waals surface area contributed by atoms with Crippen LogP contribution in [0.1, 0.15) is 32.6 Å². The van der Waals surface area contributed by atoms with Crippen LogP contribution < -0.4 is 11.3 Å². The van der Waals surface area contributed by atoms with Gasteiger partial charge in [-0.1, -0.05) is 31.4 Å². The molecule has 4 nitrogen and oxygen atoms in total. The summed E-state index contributed by atoms with van der Waals surface area (Å²) < 4.78 is 0. The number of nitrogens with zero attached hydrogens (tertiary/aromatic N) is 2. The van der Waals surface area contributed by atoms with E-state index >= 15 is 0 Å². The fourth-order valence-electron chi connectivity index (χ4n) is 2.15. The van der Waals surface area contributed by atoms with Crippen LogP contribution in [0.5, 0.6) is 0 Å². The van der Waals surface area contributed by atoms with E-state index in [0.29, 0.717) is 16.2 Å². The predicted octanol–water partition coefficient (Wildman–Crippen LogP) is 3.09. The van der Waals surface area contributed by atoms with Crippen molar-refractivity contribution in [3.8, 4) is 0 Å². The van der Waals surface area contributed by atoms with Crippen molar-refractivity contribution in [1.82, 2.24) is 9.97 Å². The maximum atomic E-state index is 6.09. The van der Waals surface area contributed by atoms with E-state index in [1.165, 1.54) is 25.7 Å². The van der Waals surface area contributed by atoms with Crippen molar-refractivity contribution in [2.75, 3.05) is 5.43 Å². The summed E-state index contributed by atoms with van der Waals surface area (Å²) in [6.45, 7) is 2.31. The highest BCUT2D eigenvalue weighted by Crippen LogP contribution is 2.37. The van der Waals surface area contributed by atoms with Gasteiger partial charge in [-0.2, -0.15) is 0 Å². The maximum Gasteiger partial charge on any atom is 0.238 e. The van der Waals surface area contributed by atoms with Crippen LogP contribution >= 0.6 is 23.4 Å². The van der Waals surface area contributed by atoms with Crippen molar-refractivity contribution in [2.24, 2.45) is 11.8 Å². The molecule has 0 bridgehead atoms. The third-order valence-corrected chi connectivity index (χ3v) is 4.69. The maximum absolute atomic E-state index is 6.09. The van der Waals surface area contributed by atoms with Gasteiger partial charge in [-0.25, -0.2) is 15.8 Å². The van der Waals surface area contributed by atoms with Crippen LogP contribution in [-0.2, 0) is 0 Å². The van der Waals surface area contributed by atoms with Gasteiger partial charge in [-0.15, -0.1) is 11.8 Å². The number of thioether (sulfide) groups is 1. The Morgan fingerprint density at radius 2 is 2.35 bits per heavy atom. The Bertz CT molecular complexity index is 388. The molecule has 0 aromatic carbocycles. The van der Waals surface area contributed by atoms with Crippen LogP contribution in [0.25, 0.3) is 0 Å². The van der Waals surface area contributed by atoms with Crippen LogP contribution in [-0.4, -0.2) is 15.2 Å². The van der Waals surface area contributed by atoms with Crippen molar-refractivity contribution in [1.29, 1.82) is 0 Å². The number of hydrazine groups is 1. The van der Waals surface area contributed by atoms with Crippen molar-refractivity contribution >= 4 is 29.3 Å². The summed E-state index contributed by atoms with van der Waals surface area (Å²) >= 11 is 7.84. The minimum absolute atomic E-state index is 0.417. The van der Waals surface area contributed by atoms with E-state index in [1.54, 1.807) is 18.0 Å². The normalized spacial score (nSPS) is 24.6. The second-order valence-electron chi connectivity index (χ2n) is 4.50. The van der Waals surface area contributed by atoms with Gasteiger partial charge in [0.1, 0.15) is 5.03 Å². The first-order valence-corrected chi connectivity index (χ1v) is 7.10. The lowest BCUT2D eigenvalue weighted by Crippen LogP contribution is -2.16. The molecule has 2 unspecified atom stereocenters. The SMILES string of the molecule is CC1CCCC(Sc2nc(NN)ncc2Cl)C1. The smallest absolute Gasteiger partial charge is 0.238 e. The third-order valence-electron chi connectivity index (χ3n) is 3.01. The zero-order valence-electron chi connectivity index (χ0n) is 9.82. The molecule has 94 valence electrons. The molecule has 0 amide bonds. The van der Waals surface area contributed by atoms with Crippen molar-refractivity contribution < 1.29 is 0 Å². The summed E-state index contributed by atoms with van der Waals surface area (Å²) in [5.74, 6) is 6.51. The molecule has 3 N–H and O–H groups in total. The van der Waals surface area contributed by atoms with Crippen LogP contribution in [0.15, 0.2) is 11.2 Å². The fourth-order valence-corrected chi connectivity index (χ4v) is 3.70. The van der Waals surface area contributed by atoms with Gasteiger partial charge in [0.15, 0.2) is 0 Å². The molecule has 1 fully saturated rings. The molecule has 0 spiro atoms. The molecule has 1 aliphatic carbocycles. The Labute approximate surface area is 111 Å². The van der Waals surface area contributed by atoms with Gasteiger partial charge in [0.05, 0.1) is 11.2 Å². The Morgan fingerprint density at radius 3 is 3.06 bits per heavy atom. The Kier molecular flexibility index (Phi) is 4.48. The van der Waals surface area contributed by atoms with E-state index in [-0.39, 0.29) is 0 Å². The molecule has 1 aliphatic rings. The van der Waals surface area contributed by atoms with E-state index in [0.717, 1.165) is 10.9 Å². The molecule has 1 heterocycles. The Morgan fingerprint density at radius 1 is 1.53 bits per heavy atom. The molecule has 0 aliphatic heterocycles. The molecule has 1 aromatic heterocycles. The summed E-state index contributed by atoms with van der Waals surface area (Å²) in [6, 6.07) is 0. The van der Waals surface area contributed by atoms with E-state index in [2.05, 4.69) is 22.3 Å². The average Bonchev–Trinajstić information content (AvgIpc) is 2.32. The topological polar surface area (TPSA) is 63.8 Å². The average molecular weight is 273 g/mol. The fraction of sp³-hybridized carbons (Fsp3) is 0.636. The minimum Gasteiger partial charge on any atom is -0.292 e. The Hall–Kier alpha value is -0.520. The number of nitrogens with two attached hydrogens (primary N) is 1. The number of hydrogen-bond donors (Lipinski definition) is 2. The first-order chi connectivity index (χ1) is 8.19. The predicted molar refractivity (Wildman–Crippen MR) is 72.1 cm³/mol. The quantitative estimate of drug-likeness (QED) is 0.503. The molecule has 2 atom stereocenters. The van der Waals surface area contributed by atoms with E-state index in [1.807, 2.05) is 0 Å². The van der Waals surface area contributed by atoms with Gasteiger partial charge in [0.2, 0.25) is 5.95 Å². The second-order valence-corrected chi connectivity index (χ2v) is 6.20. The summed E-state index contributed by atoms with van der Waals surface area (Å²) in [7, 11) is 0. The van der Waals surface area contributed by atoms with E-state index in [9.17, 15) is 0 Å². The molecule has 17 heavy (non-hydrogen) atoms. The number of aromatic nitrogens is 2. The number of hydrogen-bond acceptors (Lipinski definition) is 5. The van der Waals surface area contributed by atoms with Gasteiger partial charge in [-0.3, -0.25) is 5.43 Å². The lowest BCUT2D eigenvalue weighted by Gasteiger charge is -2.26. The van der Waals surface area contributed by atoms with Gasteiger partial charge in [0.25, 0.3) is 0 Å². The van der Waals surface area contributed by atoms with Crippen LogP contribution in [0.2, 0.25) is 5.02 Å². The summed E-state index contributed by atoms with van der Waals surface area (Å²) in [5, 5.41) is 2.04. The van der Waals surface area contributed by atoms with Gasteiger partial charge in [0, 0.05) is 5.25 Å². The highest BCUT2D eigenvalue weighted by Gasteiger charge is 2.21. The van der Waals surface area contributed by atoms with Gasteiger partial charge < -0.3 is 0 Å². The zero-order chi connectivity index (χ0) is 12.3. The lowest BCUT2D eigenvalue weighted by atomic mass is 9.91. The molecule has 0 radical (unpaired) electrons. The largest absolute Gasteiger partial charge is 0.292 e. The summed E-state index contributed by atoms with van der Waals surface area (Å²) in [5.41, 5.74) is 2.45. The van der Waals surface area contributed by atoms with Gasteiger partial charge in [-0.05, 0) is 18.8 Å². The number of halogens is 1. The zero-order valence-corrected chi connectivity index (χ0v) is 11.4. The van der Waals surface area contributed by atoms with Crippen molar-refractivity contribution in [3.05, 3.63) is 11.2 Å². The summed E-state index contributed by atoms with van der Waals surface area (Å²) in [6.07, 6.45) is 6.70. The van der Waals surface area contributed by atoms with Gasteiger partial charge >= 0.3 is 0 Å². The third kappa shape index (κ3) is 3.47. The second kappa shape index (κ2) is 5.89. The van der Waals surface area contributed by atoms with E-state index < -0.39 is 0 Å². The van der Waals surface area contributed by atoms with Crippen LogP contribution in [0, 0.1) is 5.92 Å². The first-order valence-electron chi connectivity index (χ1n) is 5.85. The number of nitrogens with one attached hydrogen (secondary N) is 1.